The van der Waals surface area contributed by atoms with Gasteiger partial charge in [0.25, 0.3) is 5.91 Å². The molecule has 2 aromatic carbocycles. The van der Waals surface area contributed by atoms with Gasteiger partial charge in [-0.05, 0) is 73.6 Å². The maximum Gasteiger partial charge on any atom is 0.255 e. The summed E-state index contributed by atoms with van der Waals surface area (Å²) in [7, 11) is -3.53. The largest absolute Gasteiger partial charge is 0.322 e. The maximum atomic E-state index is 12.5. The third kappa shape index (κ3) is 3.60. The van der Waals surface area contributed by atoms with E-state index >= 15 is 0 Å². The summed E-state index contributed by atoms with van der Waals surface area (Å²) < 4.78 is 27.2. The lowest BCUT2D eigenvalue weighted by molar-refractivity contribution is 0.102. The molecule has 25 heavy (non-hydrogen) atoms. The molecule has 2 aliphatic rings. The van der Waals surface area contributed by atoms with Gasteiger partial charge in [0, 0.05) is 17.3 Å². The first-order valence-electron chi connectivity index (χ1n) is 8.57. The molecule has 6 heteroatoms. The van der Waals surface area contributed by atoms with Crippen molar-refractivity contribution in [2.75, 3.05) is 5.32 Å². The molecule has 1 fully saturated rings. The van der Waals surface area contributed by atoms with Crippen LogP contribution >= 0.6 is 0 Å². The summed E-state index contributed by atoms with van der Waals surface area (Å²) in [6.45, 7) is 0. The van der Waals surface area contributed by atoms with Gasteiger partial charge in [-0.3, -0.25) is 4.79 Å². The van der Waals surface area contributed by atoms with Crippen LogP contribution in [-0.4, -0.2) is 20.4 Å². The van der Waals surface area contributed by atoms with E-state index < -0.39 is 10.0 Å². The number of carbonyl (C=O) groups is 1. The van der Waals surface area contributed by atoms with Crippen LogP contribution in [0.15, 0.2) is 47.4 Å². The lowest BCUT2D eigenvalue weighted by atomic mass is 10.1. The molecule has 0 spiro atoms. The summed E-state index contributed by atoms with van der Waals surface area (Å²) in [6.07, 6.45) is 4.98. The normalized spacial score (nSPS) is 16.5. The Bertz CT molecular complexity index is 933. The lowest BCUT2D eigenvalue weighted by Crippen LogP contribution is -2.25. The third-order valence-corrected chi connectivity index (χ3v) is 6.18. The molecule has 0 aliphatic heterocycles. The minimum absolute atomic E-state index is 0.0506. The first kappa shape index (κ1) is 16.3. The van der Waals surface area contributed by atoms with Crippen LogP contribution in [0.5, 0.6) is 0 Å². The molecule has 4 rings (SSSR count). The van der Waals surface area contributed by atoms with Gasteiger partial charge in [-0.15, -0.1) is 0 Å². The Morgan fingerprint density at radius 1 is 1.00 bits per heavy atom. The van der Waals surface area contributed by atoms with Gasteiger partial charge in [0.2, 0.25) is 10.0 Å². The fraction of sp³-hybridized carbons (Fsp3) is 0.316. The number of anilines is 1. The van der Waals surface area contributed by atoms with Crippen LogP contribution < -0.4 is 10.0 Å². The Hall–Kier alpha value is -2.18. The SMILES string of the molecule is O=C(Nc1cccc(S(=O)(=O)NC2CC2)c1)c1ccc2c(c1)CCC2. The minimum Gasteiger partial charge on any atom is -0.322 e. The number of carbonyl (C=O) groups excluding carboxylic acids is 1. The predicted molar refractivity (Wildman–Crippen MR) is 96.2 cm³/mol. The van der Waals surface area contributed by atoms with Crippen molar-refractivity contribution in [3.05, 3.63) is 59.2 Å². The Balaban J connectivity index is 1.52. The van der Waals surface area contributed by atoms with Crippen molar-refractivity contribution in [2.24, 2.45) is 0 Å². The summed E-state index contributed by atoms with van der Waals surface area (Å²) >= 11 is 0. The zero-order chi connectivity index (χ0) is 17.4. The van der Waals surface area contributed by atoms with E-state index in [0.717, 1.165) is 32.1 Å². The summed E-state index contributed by atoms with van der Waals surface area (Å²) in [4.78, 5) is 12.7. The van der Waals surface area contributed by atoms with Gasteiger partial charge in [0.15, 0.2) is 0 Å². The summed E-state index contributed by atoms with van der Waals surface area (Å²) in [5.74, 6) is -0.223. The number of rotatable bonds is 5. The molecule has 0 aromatic heterocycles. The van der Waals surface area contributed by atoms with Crippen molar-refractivity contribution in [3.63, 3.8) is 0 Å². The zero-order valence-electron chi connectivity index (χ0n) is 13.8. The number of sulfonamides is 1. The van der Waals surface area contributed by atoms with E-state index in [1.807, 2.05) is 18.2 Å². The van der Waals surface area contributed by atoms with Crippen molar-refractivity contribution in [1.82, 2.24) is 4.72 Å². The number of amides is 1. The Labute approximate surface area is 147 Å². The smallest absolute Gasteiger partial charge is 0.255 e. The predicted octanol–water partition coefficient (Wildman–Crippen LogP) is 2.87. The first-order valence-corrected chi connectivity index (χ1v) is 10.1. The number of aryl methyl sites for hydroxylation is 2. The van der Waals surface area contributed by atoms with Crippen LogP contribution in [-0.2, 0) is 22.9 Å². The van der Waals surface area contributed by atoms with Crippen LogP contribution in [0, 0.1) is 0 Å². The van der Waals surface area contributed by atoms with Gasteiger partial charge in [0.05, 0.1) is 4.90 Å². The molecule has 2 aromatic rings. The molecule has 0 heterocycles. The topological polar surface area (TPSA) is 75.3 Å². The molecule has 1 saturated carbocycles. The van der Waals surface area contributed by atoms with E-state index in [1.54, 1.807) is 12.1 Å². The van der Waals surface area contributed by atoms with E-state index in [1.165, 1.54) is 23.3 Å². The van der Waals surface area contributed by atoms with Gasteiger partial charge in [-0.25, -0.2) is 13.1 Å². The van der Waals surface area contributed by atoms with Gasteiger partial charge in [0.1, 0.15) is 0 Å². The number of nitrogens with one attached hydrogen (secondary N) is 2. The van der Waals surface area contributed by atoms with Gasteiger partial charge in [-0.1, -0.05) is 12.1 Å². The average Bonchev–Trinajstić information content (AvgIpc) is 3.26. The number of fused-ring (bicyclic) bond motifs is 1. The van der Waals surface area contributed by atoms with Gasteiger partial charge >= 0.3 is 0 Å². The molecule has 0 radical (unpaired) electrons. The second kappa shape index (κ2) is 6.28. The first-order chi connectivity index (χ1) is 12.0. The molecule has 2 N–H and O–H groups in total. The van der Waals surface area contributed by atoms with Crippen molar-refractivity contribution < 1.29 is 13.2 Å². The molecular weight excluding hydrogens is 336 g/mol. The van der Waals surface area contributed by atoms with E-state index in [4.69, 9.17) is 0 Å². The monoisotopic (exact) mass is 356 g/mol. The Morgan fingerprint density at radius 2 is 1.80 bits per heavy atom. The third-order valence-electron chi connectivity index (χ3n) is 4.66. The quantitative estimate of drug-likeness (QED) is 0.865. The summed E-state index contributed by atoms with van der Waals surface area (Å²) in [6, 6.07) is 12.2. The van der Waals surface area contributed by atoms with Crippen molar-refractivity contribution in [2.45, 2.75) is 43.0 Å². The van der Waals surface area contributed by atoms with Crippen molar-refractivity contribution >= 4 is 21.6 Å². The molecule has 0 atom stereocenters. The lowest BCUT2D eigenvalue weighted by Gasteiger charge is -2.10. The second-order valence-corrected chi connectivity index (χ2v) is 8.43. The van der Waals surface area contributed by atoms with Crippen LogP contribution in [0.2, 0.25) is 0 Å². The fourth-order valence-electron chi connectivity index (χ4n) is 3.15. The molecule has 0 saturated heterocycles. The van der Waals surface area contributed by atoms with E-state index in [0.29, 0.717) is 11.3 Å². The highest BCUT2D eigenvalue weighted by molar-refractivity contribution is 7.89. The molecule has 0 unspecified atom stereocenters. The van der Waals surface area contributed by atoms with E-state index in [2.05, 4.69) is 10.0 Å². The highest BCUT2D eigenvalue weighted by atomic mass is 32.2. The average molecular weight is 356 g/mol. The summed E-state index contributed by atoms with van der Waals surface area (Å²) in [5.41, 5.74) is 3.63. The highest BCUT2D eigenvalue weighted by Gasteiger charge is 2.28. The molecule has 1 amide bonds. The molecule has 2 aliphatic carbocycles. The Kier molecular flexibility index (Phi) is 4.09. The molecule has 130 valence electrons. The standard InChI is InChI=1S/C19H20N2O3S/c22-19(15-8-7-13-3-1-4-14(13)11-15)20-17-5-2-6-18(12-17)25(23,24)21-16-9-10-16/h2,5-8,11-12,16,21H,1,3-4,9-10H2,(H,20,22). The minimum atomic E-state index is -3.53. The fourth-order valence-corrected chi connectivity index (χ4v) is 4.50. The molecule has 0 bridgehead atoms. The maximum absolute atomic E-state index is 12.5. The van der Waals surface area contributed by atoms with Crippen LogP contribution in [0.25, 0.3) is 0 Å². The van der Waals surface area contributed by atoms with Crippen LogP contribution in [0.4, 0.5) is 5.69 Å². The number of hydrogen-bond acceptors (Lipinski definition) is 3. The highest BCUT2D eigenvalue weighted by Crippen LogP contribution is 2.25. The van der Waals surface area contributed by atoms with Crippen LogP contribution in [0.3, 0.4) is 0 Å². The Morgan fingerprint density at radius 3 is 2.60 bits per heavy atom. The van der Waals surface area contributed by atoms with Crippen molar-refractivity contribution in [3.8, 4) is 0 Å². The second-order valence-electron chi connectivity index (χ2n) is 6.71. The zero-order valence-corrected chi connectivity index (χ0v) is 14.6. The van der Waals surface area contributed by atoms with E-state index in [9.17, 15) is 13.2 Å². The van der Waals surface area contributed by atoms with Gasteiger partial charge < -0.3 is 5.32 Å². The van der Waals surface area contributed by atoms with E-state index in [-0.39, 0.29) is 16.8 Å². The van der Waals surface area contributed by atoms with Crippen LogP contribution in [0.1, 0.15) is 40.7 Å². The number of benzene rings is 2. The number of hydrogen-bond donors (Lipinski definition) is 2. The molecule has 5 nitrogen and oxygen atoms in total. The van der Waals surface area contributed by atoms with Gasteiger partial charge in [-0.2, -0.15) is 0 Å². The summed E-state index contributed by atoms with van der Waals surface area (Å²) in [5, 5.41) is 2.80. The van der Waals surface area contributed by atoms with Crippen molar-refractivity contribution in [1.29, 1.82) is 0 Å². The molecular formula is C19H20N2O3S.